The Morgan fingerprint density at radius 1 is 0.938 bits per heavy atom. The second kappa shape index (κ2) is 8.10. The predicted octanol–water partition coefficient (Wildman–Crippen LogP) is 5.47. The average Bonchev–Trinajstić information content (AvgIpc) is 3.01. The molecule has 1 unspecified atom stereocenters. The van der Waals surface area contributed by atoms with E-state index in [9.17, 15) is 40.3 Å². The molecule has 2 aromatic carbocycles. The highest BCUT2D eigenvalue weighted by molar-refractivity contribution is 6.04. The first-order valence-electron chi connectivity index (χ1n) is 9.34. The van der Waals surface area contributed by atoms with Gasteiger partial charge in [0.05, 0.1) is 17.0 Å². The Kier molecular flexibility index (Phi) is 5.96. The highest BCUT2D eigenvalue weighted by Gasteiger charge is 2.39. The number of carbonyl (C=O) groups is 2. The van der Waals surface area contributed by atoms with E-state index in [4.69, 9.17) is 0 Å². The summed E-state index contributed by atoms with van der Waals surface area (Å²) < 4.78 is 91.6. The van der Waals surface area contributed by atoms with Crippen LogP contribution < -0.4 is 10.2 Å². The van der Waals surface area contributed by atoms with E-state index in [0.717, 1.165) is 0 Å². The van der Waals surface area contributed by atoms with Gasteiger partial charge in [-0.2, -0.15) is 26.3 Å². The van der Waals surface area contributed by atoms with E-state index in [-0.39, 0.29) is 19.0 Å². The van der Waals surface area contributed by atoms with E-state index in [1.54, 1.807) is 13.8 Å². The van der Waals surface area contributed by atoms with Crippen molar-refractivity contribution in [1.82, 2.24) is 0 Å². The molecule has 2 amide bonds. The fourth-order valence-corrected chi connectivity index (χ4v) is 3.70. The van der Waals surface area contributed by atoms with Crippen molar-refractivity contribution in [2.24, 2.45) is 5.92 Å². The second-order valence-corrected chi connectivity index (χ2v) is 7.58. The van der Waals surface area contributed by atoms with Crippen LogP contribution in [0.4, 0.5) is 42.1 Å². The molecule has 1 saturated heterocycles. The lowest BCUT2D eigenvalue weighted by Gasteiger charge is -2.21. The number of hydrogen-bond acceptors (Lipinski definition) is 2. The number of halogens is 7. The third-order valence-corrected chi connectivity index (χ3v) is 5.08. The molecule has 0 aromatic heterocycles. The molecule has 3 rings (SSSR count). The molecule has 0 bridgehead atoms. The van der Waals surface area contributed by atoms with Gasteiger partial charge in [0.15, 0.2) is 0 Å². The minimum Gasteiger partial charge on any atom is -0.326 e. The Morgan fingerprint density at radius 3 is 1.91 bits per heavy atom. The third-order valence-electron chi connectivity index (χ3n) is 5.08. The minimum absolute atomic E-state index is 0.0451. The standard InChI is InChI=1S/C21H17F7N2O2/c1-10-3-15(22)4-11(2)18(10)30-9-12(5-17(30)31)19(32)29-16-7-13(20(23,24)25)6-14(8-16)21(26,27)28/h3-4,6-8,12H,5,9H2,1-2H3,(H,29,32). The molecule has 0 aliphatic carbocycles. The first-order chi connectivity index (χ1) is 14.7. The SMILES string of the molecule is Cc1cc(F)cc(C)c1N1CC(C(=O)Nc2cc(C(F)(F)F)cc(C(F)(F)F)c2)CC1=O. The molecule has 1 aliphatic rings. The molecule has 0 radical (unpaired) electrons. The van der Waals surface area contributed by atoms with Gasteiger partial charge in [-0.1, -0.05) is 0 Å². The molecule has 2 aromatic rings. The van der Waals surface area contributed by atoms with Gasteiger partial charge in [0.2, 0.25) is 11.8 Å². The smallest absolute Gasteiger partial charge is 0.326 e. The van der Waals surface area contributed by atoms with Crippen LogP contribution in [0.25, 0.3) is 0 Å². The number of amides is 2. The van der Waals surface area contributed by atoms with E-state index < -0.39 is 52.7 Å². The molecule has 1 fully saturated rings. The first-order valence-corrected chi connectivity index (χ1v) is 9.34. The van der Waals surface area contributed by atoms with Gasteiger partial charge in [0, 0.05) is 24.3 Å². The largest absolute Gasteiger partial charge is 0.416 e. The summed E-state index contributed by atoms with van der Waals surface area (Å²) in [7, 11) is 0. The summed E-state index contributed by atoms with van der Waals surface area (Å²) in [5.74, 6) is -2.89. The van der Waals surface area contributed by atoms with Gasteiger partial charge >= 0.3 is 12.4 Å². The Balaban J connectivity index is 1.85. The van der Waals surface area contributed by atoms with Crippen molar-refractivity contribution in [1.29, 1.82) is 0 Å². The summed E-state index contributed by atoms with van der Waals surface area (Å²) in [5, 5.41) is 2.06. The van der Waals surface area contributed by atoms with Gasteiger partial charge < -0.3 is 10.2 Å². The topological polar surface area (TPSA) is 49.4 Å². The zero-order valence-corrected chi connectivity index (χ0v) is 16.8. The predicted molar refractivity (Wildman–Crippen MR) is 101 cm³/mol. The number of rotatable bonds is 3. The van der Waals surface area contributed by atoms with E-state index >= 15 is 0 Å². The Hall–Kier alpha value is -3.11. The van der Waals surface area contributed by atoms with Gasteiger partial charge in [-0.3, -0.25) is 9.59 Å². The van der Waals surface area contributed by atoms with Crippen molar-refractivity contribution < 1.29 is 40.3 Å². The number of alkyl halides is 6. The fourth-order valence-electron chi connectivity index (χ4n) is 3.70. The highest BCUT2D eigenvalue weighted by atomic mass is 19.4. The van der Waals surface area contributed by atoms with Crippen molar-refractivity contribution in [3.8, 4) is 0 Å². The molecule has 4 nitrogen and oxygen atoms in total. The zero-order valence-electron chi connectivity index (χ0n) is 16.8. The monoisotopic (exact) mass is 462 g/mol. The second-order valence-electron chi connectivity index (χ2n) is 7.58. The lowest BCUT2D eigenvalue weighted by Crippen LogP contribution is -2.29. The van der Waals surface area contributed by atoms with Gasteiger partial charge in [-0.05, 0) is 55.3 Å². The minimum atomic E-state index is -5.06. The van der Waals surface area contributed by atoms with Crippen molar-refractivity contribution in [2.75, 3.05) is 16.8 Å². The molecule has 11 heteroatoms. The number of hydrogen-bond donors (Lipinski definition) is 1. The van der Waals surface area contributed by atoms with Crippen LogP contribution >= 0.6 is 0 Å². The van der Waals surface area contributed by atoms with E-state index in [0.29, 0.717) is 28.9 Å². The lowest BCUT2D eigenvalue weighted by atomic mass is 10.1. The molecule has 1 heterocycles. The highest BCUT2D eigenvalue weighted by Crippen LogP contribution is 2.38. The van der Waals surface area contributed by atoms with Gasteiger partial charge in [-0.25, -0.2) is 4.39 Å². The van der Waals surface area contributed by atoms with E-state index in [1.807, 2.05) is 0 Å². The van der Waals surface area contributed by atoms with Gasteiger partial charge in [-0.15, -0.1) is 0 Å². The maximum absolute atomic E-state index is 13.5. The Bertz CT molecular complexity index is 1020. The summed E-state index contributed by atoms with van der Waals surface area (Å²) in [6.07, 6.45) is -10.4. The van der Waals surface area contributed by atoms with Crippen LogP contribution in [-0.4, -0.2) is 18.4 Å². The normalized spacial score (nSPS) is 17.1. The number of nitrogens with one attached hydrogen (secondary N) is 1. The molecule has 32 heavy (non-hydrogen) atoms. The molecule has 1 N–H and O–H groups in total. The summed E-state index contributed by atoms with van der Waals surface area (Å²) in [5.41, 5.74) is -2.51. The summed E-state index contributed by atoms with van der Waals surface area (Å²) in [4.78, 5) is 26.3. The van der Waals surface area contributed by atoms with Crippen molar-refractivity contribution >= 4 is 23.2 Å². The Morgan fingerprint density at radius 2 is 1.44 bits per heavy atom. The van der Waals surface area contributed by atoms with Crippen molar-refractivity contribution in [3.05, 3.63) is 58.4 Å². The number of anilines is 2. The van der Waals surface area contributed by atoms with E-state index in [1.165, 1.54) is 17.0 Å². The molecule has 0 saturated carbocycles. The molecular formula is C21H17F7N2O2. The van der Waals surface area contributed by atoms with Crippen LogP contribution in [0.5, 0.6) is 0 Å². The van der Waals surface area contributed by atoms with Crippen molar-refractivity contribution in [2.45, 2.75) is 32.6 Å². The number of nitrogens with zero attached hydrogens (tertiary/aromatic N) is 1. The van der Waals surface area contributed by atoms with Crippen LogP contribution in [0.2, 0.25) is 0 Å². The number of benzene rings is 2. The van der Waals surface area contributed by atoms with Crippen LogP contribution in [0.1, 0.15) is 28.7 Å². The quantitative estimate of drug-likeness (QED) is 0.615. The molecule has 0 spiro atoms. The summed E-state index contributed by atoms with van der Waals surface area (Å²) in [6.45, 7) is 3.00. The fraction of sp³-hybridized carbons (Fsp3) is 0.333. The maximum Gasteiger partial charge on any atom is 0.416 e. The summed E-state index contributed by atoms with van der Waals surface area (Å²) >= 11 is 0. The Labute approximate surface area is 178 Å². The molecule has 172 valence electrons. The van der Waals surface area contributed by atoms with Crippen LogP contribution in [0, 0.1) is 25.6 Å². The number of aryl methyl sites for hydroxylation is 2. The summed E-state index contributed by atoms with van der Waals surface area (Å²) in [6, 6.07) is 3.18. The molecule has 1 aliphatic heterocycles. The van der Waals surface area contributed by atoms with Gasteiger partial charge in [0.1, 0.15) is 5.82 Å². The number of carbonyl (C=O) groups excluding carboxylic acids is 2. The molecular weight excluding hydrogens is 445 g/mol. The van der Waals surface area contributed by atoms with Crippen LogP contribution in [0.3, 0.4) is 0 Å². The average molecular weight is 462 g/mol. The van der Waals surface area contributed by atoms with Gasteiger partial charge in [0.25, 0.3) is 0 Å². The first kappa shape index (κ1) is 23.6. The van der Waals surface area contributed by atoms with E-state index in [2.05, 4.69) is 5.32 Å². The zero-order chi connectivity index (χ0) is 24.0. The van der Waals surface area contributed by atoms with Crippen LogP contribution in [-0.2, 0) is 21.9 Å². The third kappa shape index (κ3) is 4.86. The lowest BCUT2D eigenvalue weighted by molar-refractivity contribution is -0.143. The molecule has 1 atom stereocenters. The maximum atomic E-state index is 13.5. The van der Waals surface area contributed by atoms with Crippen LogP contribution in [0.15, 0.2) is 30.3 Å². The van der Waals surface area contributed by atoms with Crippen molar-refractivity contribution in [3.63, 3.8) is 0 Å².